The van der Waals surface area contributed by atoms with Gasteiger partial charge in [0.1, 0.15) is 17.4 Å². The Labute approximate surface area is 309 Å². The van der Waals surface area contributed by atoms with Crippen molar-refractivity contribution in [1.29, 1.82) is 0 Å². The molecule has 270 valence electrons. The minimum atomic E-state index is -0.784. The maximum atomic E-state index is 13.6. The van der Waals surface area contributed by atoms with Crippen LogP contribution >= 0.6 is 11.6 Å². The zero-order chi connectivity index (χ0) is 36.5. The van der Waals surface area contributed by atoms with E-state index in [1.807, 2.05) is 60.5 Å². The minimum Gasteiger partial charge on any atom is -0.480 e. The van der Waals surface area contributed by atoms with Crippen LogP contribution in [0.25, 0.3) is 11.1 Å². The van der Waals surface area contributed by atoms with E-state index < -0.39 is 12.0 Å². The average Bonchev–Trinajstić information content (AvgIpc) is 3.99. The number of pyridine rings is 2. The number of hydrogen-bond acceptors (Lipinski definition) is 7. The van der Waals surface area contributed by atoms with Crippen molar-refractivity contribution in [2.24, 2.45) is 0 Å². The van der Waals surface area contributed by atoms with Crippen molar-refractivity contribution in [2.45, 2.75) is 90.4 Å². The molecule has 4 aromatic rings. The second-order valence-electron chi connectivity index (χ2n) is 14.6. The molecule has 1 saturated carbocycles. The summed E-state index contributed by atoms with van der Waals surface area (Å²) in [6.07, 6.45) is 9.06. The fourth-order valence-electron chi connectivity index (χ4n) is 7.51. The number of halogens is 1. The van der Waals surface area contributed by atoms with Crippen LogP contribution in [-0.2, 0) is 24.3 Å². The number of nitrogens with one attached hydrogen (secondary N) is 2. The number of nitrogens with zero attached hydrogens (tertiary/aromatic N) is 4. The van der Waals surface area contributed by atoms with Gasteiger partial charge in [0.2, 0.25) is 0 Å². The van der Waals surface area contributed by atoms with E-state index in [4.69, 9.17) is 11.6 Å². The number of benzene rings is 2. The van der Waals surface area contributed by atoms with Crippen molar-refractivity contribution in [1.82, 2.24) is 19.8 Å². The third kappa shape index (κ3) is 7.60. The number of rotatable bonds is 10. The van der Waals surface area contributed by atoms with Crippen LogP contribution in [0.15, 0.2) is 60.9 Å². The first-order valence-electron chi connectivity index (χ1n) is 18.3. The van der Waals surface area contributed by atoms with Crippen molar-refractivity contribution >= 4 is 40.8 Å². The summed E-state index contributed by atoms with van der Waals surface area (Å²) < 4.78 is 0. The highest BCUT2D eigenvalue weighted by atomic mass is 35.5. The number of carbonyl (C=O) groups excluding carboxylic acids is 2. The van der Waals surface area contributed by atoms with Crippen LogP contribution in [0.4, 0.5) is 11.4 Å². The van der Waals surface area contributed by atoms with Crippen LogP contribution in [0.2, 0.25) is 5.02 Å². The number of anilines is 2. The Morgan fingerprint density at radius 2 is 1.58 bits per heavy atom. The Hall–Kier alpha value is -4.64. The molecule has 2 aromatic carbocycles. The third-order valence-electron chi connectivity index (χ3n) is 10.8. The molecule has 2 aromatic heterocycles. The summed E-state index contributed by atoms with van der Waals surface area (Å²) in [6.45, 7) is 9.32. The molecule has 4 heterocycles. The largest absolute Gasteiger partial charge is 0.480 e. The molecule has 11 heteroatoms. The molecule has 7 rings (SSSR count). The second kappa shape index (κ2) is 15.1. The van der Waals surface area contributed by atoms with Gasteiger partial charge in [0.05, 0.1) is 10.7 Å². The lowest BCUT2D eigenvalue weighted by Gasteiger charge is -2.33. The fourth-order valence-corrected chi connectivity index (χ4v) is 7.78. The van der Waals surface area contributed by atoms with Gasteiger partial charge < -0.3 is 15.7 Å². The Kier molecular flexibility index (Phi) is 10.4. The molecule has 0 spiro atoms. The predicted molar refractivity (Wildman–Crippen MR) is 203 cm³/mol. The van der Waals surface area contributed by atoms with E-state index in [1.54, 1.807) is 12.3 Å². The number of aromatic nitrogens is 2. The molecule has 1 aliphatic carbocycles. The second-order valence-corrected chi connectivity index (χ2v) is 14.9. The Morgan fingerprint density at radius 3 is 2.31 bits per heavy atom. The number of hydrogen-bond donors (Lipinski definition) is 3. The van der Waals surface area contributed by atoms with Crippen LogP contribution in [0.3, 0.4) is 0 Å². The quantitative estimate of drug-likeness (QED) is 0.152. The van der Waals surface area contributed by atoms with E-state index in [9.17, 15) is 19.5 Å². The molecular formula is C41H45ClN6O4. The predicted octanol–water partition coefficient (Wildman–Crippen LogP) is 7.69. The zero-order valence-corrected chi connectivity index (χ0v) is 30.7. The highest BCUT2D eigenvalue weighted by Crippen LogP contribution is 2.43. The van der Waals surface area contributed by atoms with E-state index in [1.165, 1.54) is 0 Å². The summed E-state index contributed by atoms with van der Waals surface area (Å²) >= 11 is 6.95. The van der Waals surface area contributed by atoms with Crippen molar-refractivity contribution in [2.75, 3.05) is 23.7 Å². The monoisotopic (exact) mass is 720 g/mol. The number of piperidine rings is 1. The van der Waals surface area contributed by atoms with Gasteiger partial charge in [0.15, 0.2) is 0 Å². The molecule has 0 radical (unpaired) electrons. The average molecular weight is 721 g/mol. The van der Waals surface area contributed by atoms with Gasteiger partial charge in [-0.15, -0.1) is 0 Å². The van der Waals surface area contributed by atoms with Crippen molar-refractivity contribution in [3.8, 4) is 11.1 Å². The van der Waals surface area contributed by atoms with E-state index in [0.717, 1.165) is 90.7 Å². The first-order valence-corrected chi connectivity index (χ1v) is 18.6. The van der Waals surface area contributed by atoms with Gasteiger partial charge in [0.25, 0.3) is 11.8 Å². The van der Waals surface area contributed by atoms with E-state index in [2.05, 4.69) is 39.3 Å². The van der Waals surface area contributed by atoms with E-state index in [-0.39, 0.29) is 11.8 Å². The van der Waals surface area contributed by atoms with Gasteiger partial charge in [-0.2, -0.15) is 0 Å². The Balaban J connectivity index is 1.07. The van der Waals surface area contributed by atoms with E-state index >= 15 is 0 Å². The maximum absolute atomic E-state index is 13.6. The van der Waals surface area contributed by atoms with Crippen LogP contribution in [0, 0.1) is 6.92 Å². The van der Waals surface area contributed by atoms with Gasteiger partial charge in [-0.25, -0.2) is 0 Å². The SMILES string of the molecule is Cc1c(NC(=O)c2cc(C3CC3)c(CN3CCCC[C@H]3C(=O)O)cn2)cccc1-c1cccc(NC(=O)c2cc3c(cn2)CN(C(C)C)CC3)c1Cl. The fraction of sp³-hybridized carbons (Fsp3) is 0.390. The topological polar surface area (TPSA) is 128 Å². The number of amides is 2. The van der Waals surface area contributed by atoms with Crippen LogP contribution in [-0.4, -0.2) is 67.8 Å². The molecule has 2 amide bonds. The number of carboxylic acids is 1. The minimum absolute atomic E-state index is 0.319. The van der Waals surface area contributed by atoms with Gasteiger partial charge in [-0.05, 0) is 123 Å². The normalized spacial score (nSPS) is 17.8. The molecule has 0 unspecified atom stereocenters. The van der Waals surface area contributed by atoms with Crippen molar-refractivity contribution < 1.29 is 19.5 Å². The summed E-state index contributed by atoms with van der Waals surface area (Å²) in [7, 11) is 0. The molecule has 3 N–H and O–H groups in total. The Bertz CT molecular complexity index is 2030. The van der Waals surface area contributed by atoms with Crippen LogP contribution < -0.4 is 10.6 Å². The van der Waals surface area contributed by atoms with Crippen LogP contribution in [0.1, 0.15) is 101 Å². The molecule has 1 saturated heterocycles. The molecule has 1 atom stereocenters. The van der Waals surface area contributed by atoms with Gasteiger partial charge >= 0.3 is 5.97 Å². The number of aliphatic carboxylic acids is 1. The van der Waals surface area contributed by atoms with Gasteiger partial charge in [0, 0.05) is 49.3 Å². The highest BCUT2D eigenvalue weighted by molar-refractivity contribution is 6.36. The van der Waals surface area contributed by atoms with Crippen molar-refractivity contribution in [3.63, 3.8) is 0 Å². The van der Waals surface area contributed by atoms with Crippen LogP contribution in [0.5, 0.6) is 0 Å². The third-order valence-corrected chi connectivity index (χ3v) is 11.2. The highest BCUT2D eigenvalue weighted by Gasteiger charge is 2.32. The standard InChI is InChI=1S/C41H45ClN6O4/c1-24(2)47-17-15-27-18-35(43-20-28(27)22-47)39(49)46-34-11-7-9-31(38(34)42)30-8-6-10-33(25(30)3)45-40(50)36-19-32(26-13-14-26)29(21-44-36)23-48-16-5-4-12-37(48)41(51)52/h6-11,18-21,24,26,37H,4-5,12-17,22-23H2,1-3H3,(H,45,50)(H,46,49)(H,51,52)/t37-/m0/s1. The lowest BCUT2D eigenvalue weighted by atomic mass is 9.98. The summed E-state index contributed by atoms with van der Waals surface area (Å²) in [5, 5.41) is 16.2. The number of likely N-dealkylation sites (tertiary alicyclic amines) is 1. The molecule has 0 bridgehead atoms. The first-order chi connectivity index (χ1) is 25.1. The van der Waals surface area contributed by atoms with E-state index in [0.29, 0.717) is 52.7 Å². The summed E-state index contributed by atoms with van der Waals surface area (Å²) in [5.41, 5.74) is 8.48. The zero-order valence-electron chi connectivity index (χ0n) is 29.9. The first kappa shape index (κ1) is 35.7. The van der Waals surface area contributed by atoms with Gasteiger partial charge in [-0.1, -0.05) is 42.3 Å². The Morgan fingerprint density at radius 1 is 0.885 bits per heavy atom. The molecule has 3 aliphatic rings. The van der Waals surface area contributed by atoms with Gasteiger partial charge in [-0.3, -0.25) is 34.2 Å². The smallest absolute Gasteiger partial charge is 0.320 e. The summed E-state index contributed by atoms with van der Waals surface area (Å²) in [5.74, 6) is -1.08. The summed E-state index contributed by atoms with van der Waals surface area (Å²) in [6, 6.07) is 14.9. The number of fused-ring (bicyclic) bond motifs is 1. The molecule has 2 aliphatic heterocycles. The molecular weight excluding hydrogens is 676 g/mol. The molecule has 52 heavy (non-hydrogen) atoms. The lowest BCUT2D eigenvalue weighted by Crippen LogP contribution is -2.44. The van der Waals surface area contributed by atoms with Crippen molar-refractivity contribution in [3.05, 3.63) is 105 Å². The summed E-state index contributed by atoms with van der Waals surface area (Å²) in [4.78, 5) is 52.3. The molecule has 2 fully saturated rings. The lowest BCUT2D eigenvalue weighted by molar-refractivity contribution is -0.144. The number of carbonyl (C=O) groups is 3. The number of carboxylic acid groups (broad SMARTS) is 1. The molecule has 10 nitrogen and oxygen atoms in total. The maximum Gasteiger partial charge on any atom is 0.320 e.